The van der Waals surface area contributed by atoms with Crippen molar-refractivity contribution in [2.75, 3.05) is 0 Å². The topological polar surface area (TPSA) is 47.6 Å². The minimum atomic E-state index is -0.502. The number of rotatable bonds is 2. The Balaban J connectivity index is 0.000000177. The molecule has 3 rings (SSSR count). The molecule has 0 amide bonds. The molecule has 24 heavy (non-hydrogen) atoms. The van der Waals surface area contributed by atoms with Gasteiger partial charge in [0.1, 0.15) is 11.6 Å². The summed E-state index contributed by atoms with van der Waals surface area (Å²) in [6, 6.07) is 14.1. The first-order chi connectivity index (χ1) is 11.4. The van der Waals surface area contributed by atoms with Gasteiger partial charge in [0.05, 0.1) is 24.0 Å². The molecule has 0 spiro atoms. The number of halogens is 2. The molecule has 0 radical (unpaired) electrons. The Bertz CT molecular complexity index is 825. The minimum absolute atomic E-state index is 0.145. The summed E-state index contributed by atoms with van der Waals surface area (Å²) in [4.78, 5) is 0. The first-order valence-corrected chi connectivity index (χ1v) is 7.72. The fourth-order valence-corrected chi connectivity index (χ4v) is 2.46. The summed E-state index contributed by atoms with van der Waals surface area (Å²) in [5.74, 6) is -0.523. The van der Waals surface area contributed by atoms with Gasteiger partial charge < -0.3 is 0 Å². The van der Waals surface area contributed by atoms with Gasteiger partial charge in [0, 0.05) is 11.1 Å². The zero-order valence-corrected chi connectivity index (χ0v) is 13.7. The van der Waals surface area contributed by atoms with Gasteiger partial charge in [0.15, 0.2) is 0 Å². The summed E-state index contributed by atoms with van der Waals surface area (Å²) >= 11 is 0. The molecular weight excluding hydrogens is 306 g/mol. The van der Waals surface area contributed by atoms with E-state index in [9.17, 15) is 8.78 Å². The maximum absolute atomic E-state index is 13.4. The van der Waals surface area contributed by atoms with Gasteiger partial charge in [0.2, 0.25) is 0 Å². The van der Waals surface area contributed by atoms with Crippen molar-refractivity contribution in [1.29, 1.82) is 10.5 Å². The van der Waals surface area contributed by atoms with Gasteiger partial charge in [-0.05, 0) is 49.9 Å². The number of aryl methyl sites for hydroxylation is 2. The third-order valence-electron chi connectivity index (χ3n) is 4.08. The fourth-order valence-electron chi connectivity index (χ4n) is 2.46. The van der Waals surface area contributed by atoms with E-state index in [-0.39, 0.29) is 18.1 Å². The summed E-state index contributed by atoms with van der Waals surface area (Å²) in [6.45, 7) is 3.66. The van der Waals surface area contributed by atoms with Crippen molar-refractivity contribution >= 4 is 0 Å². The highest BCUT2D eigenvalue weighted by Crippen LogP contribution is 2.48. The number of hydrogen-bond acceptors (Lipinski definition) is 2. The van der Waals surface area contributed by atoms with E-state index in [1.165, 1.54) is 12.1 Å². The van der Waals surface area contributed by atoms with Gasteiger partial charge in [-0.1, -0.05) is 24.3 Å². The first kappa shape index (κ1) is 17.6. The van der Waals surface area contributed by atoms with Gasteiger partial charge in [-0.15, -0.1) is 0 Å². The first-order valence-electron chi connectivity index (χ1n) is 7.72. The van der Waals surface area contributed by atoms with Crippen LogP contribution in [-0.4, -0.2) is 0 Å². The molecule has 0 aromatic heterocycles. The molecular formula is C20H18F2N2. The molecule has 2 aromatic carbocycles. The van der Waals surface area contributed by atoms with E-state index in [0.717, 1.165) is 24.0 Å². The number of nitriles is 2. The van der Waals surface area contributed by atoms with Crippen LogP contribution in [0.5, 0.6) is 0 Å². The van der Waals surface area contributed by atoms with Crippen LogP contribution in [0.15, 0.2) is 36.4 Å². The highest BCUT2D eigenvalue weighted by atomic mass is 19.1. The summed E-state index contributed by atoms with van der Waals surface area (Å²) in [5, 5.41) is 17.2. The van der Waals surface area contributed by atoms with Crippen molar-refractivity contribution in [3.63, 3.8) is 0 Å². The molecule has 122 valence electrons. The van der Waals surface area contributed by atoms with Crippen LogP contribution in [0, 0.1) is 48.1 Å². The van der Waals surface area contributed by atoms with Gasteiger partial charge in [0.25, 0.3) is 0 Å². The van der Waals surface area contributed by atoms with E-state index in [1.807, 2.05) is 26.0 Å². The van der Waals surface area contributed by atoms with Crippen LogP contribution >= 0.6 is 0 Å². The van der Waals surface area contributed by atoms with E-state index in [1.54, 1.807) is 18.2 Å². The maximum atomic E-state index is 13.4. The maximum Gasteiger partial charge on any atom is 0.128 e. The Morgan fingerprint density at radius 1 is 0.958 bits per heavy atom. The fraction of sp³-hybridized carbons (Fsp3) is 0.300. The molecule has 2 aromatic rings. The molecule has 0 N–H and O–H groups in total. The smallest absolute Gasteiger partial charge is 0.128 e. The molecule has 0 unspecified atom stereocenters. The van der Waals surface area contributed by atoms with E-state index in [4.69, 9.17) is 10.5 Å². The van der Waals surface area contributed by atoms with Gasteiger partial charge in [-0.25, -0.2) is 8.78 Å². The Hall–Kier alpha value is -2.72. The lowest BCUT2D eigenvalue weighted by Gasteiger charge is -2.07. The molecule has 4 heteroatoms. The molecule has 0 heterocycles. The zero-order chi connectivity index (χ0) is 17.7. The average molecular weight is 324 g/mol. The molecule has 1 aliphatic carbocycles. The predicted octanol–water partition coefficient (Wildman–Crippen LogP) is 4.89. The molecule has 1 saturated carbocycles. The van der Waals surface area contributed by atoms with Crippen molar-refractivity contribution in [1.82, 2.24) is 0 Å². The highest BCUT2D eigenvalue weighted by Gasteiger charge is 2.46. The van der Waals surface area contributed by atoms with Crippen molar-refractivity contribution in [2.24, 2.45) is 0 Å². The second kappa shape index (κ2) is 7.23. The van der Waals surface area contributed by atoms with Crippen molar-refractivity contribution in [3.8, 4) is 12.1 Å². The van der Waals surface area contributed by atoms with Crippen LogP contribution in [0.25, 0.3) is 0 Å². The van der Waals surface area contributed by atoms with Crippen molar-refractivity contribution in [2.45, 2.75) is 38.5 Å². The summed E-state index contributed by atoms with van der Waals surface area (Å²) in [5.41, 5.74) is 2.32. The Labute approximate surface area is 141 Å². The van der Waals surface area contributed by atoms with E-state index < -0.39 is 5.41 Å². The van der Waals surface area contributed by atoms with Crippen LogP contribution in [0.3, 0.4) is 0 Å². The highest BCUT2D eigenvalue weighted by molar-refractivity contribution is 5.40. The quantitative estimate of drug-likeness (QED) is 0.789. The van der Waals surface area contributed by atoms with Gasteiger partial charge in [-0.2, -0.15) is 10.5 Å². The Morgan fingerprint density at radius 2 is 1.54 bits per heavy atom. The molecule has 0 bridgehead atoms. The lowest BCUT2D eigenvalue weighted by Crippen LogP contribution is -2.05. The molecule has 0 saturated heterocycles. The van der Waals surface area contributed by atoms with Crippen LogP contribution in [0.2, 0.25) is 0 Å². The van der Waals surface area contributed by atoms with Crippen molar-refractivity contribution in [3.05, 3.63) is 70.3 Å². The standard InChI is InChI=1S/C11H10FN.C9H8FN/c1-8-2-3-9(10(12)6-8)11(7-13)4-5-11;1-7-2-3-8(4-5-11)9(10)6-7/h2-3,6H,4-5H2,1H3;2-3,6H,4H2,1H3. The summed E-state index contributed by atoms with van der Waals surface area (Å²) in [7, 11) is 0. The van der Waals surface area contributed by atoms with E-state index in [0.29, 0.717) is 11.1 Å². The minimum Gasteiger partial charge on any atom is -0.207 e. The molecule has 2 nitrogen and oxygen atoms in total. The van der Waals surface area contributed by atoms with Crippen LogP contribution in [0.1, 0.15) is 35.1 Å². The van der Waals surface area contributed by atoms with Gasteiger partial charge in [-0.3, -0.25) is 0 Å². The lowest BCUT2D eigenvalue weighted by atomic mass is 9.96. The number of benzene rings is 2. The third kappa shape index (κ3) is 3.97. The second-order valence-electron chi connectivity index (χ2n) is 6.11. The van der Waals surface area contributed by atoms with Crippen LogP contribution < -0.4 is 0 Å². The van der Waals surface area contributed by atoms with Crippen LogP contribution in [-0.2, 0) is 11.8 Å². The van der Waals surface area contributed by atoms with Crippen molar-refractivity contribution < 1.29 is 8.78 Å². The molecule has 0 atom stereocenters. The summed E-state index contributed by atoms with van der Waals surface area (Å²) < 4.78 is 26.3. The summed E-state index contributed by atoms with van der Waals surface area (Å²) in [6.07, 6.45) is 1.74. The van der Waals surface area contributed by atoms with E-state index >= 15 is 0 Å². The molecule has 1 fully saturated rings. The molecule has 0 aliphatic heterocycles. The second-order valence-corrected chi connectivity index (χ2v) is 6.11. The Kier molecular flexibility index (Phi) is 5.31. The number of hydrogen-bond donors (Lipinski definition) is 0. The SMILES string of the molecule is Cc1ccc(C2(C#N)CC2)c(F)c1.Cc1ccc(CC#N)c(F)c1. The third-order valence-corrected chi connectivity index (χ3v) is 4.08. The average Bonchev–Trinajstić information content (AvgIpc) is 3.32. The molecule has 1 aliphatic rings. The largest absolute Gasteiger partial charge is 0.207 e. The zero-order valence-electron chi connectivity index (χ0n) is 13.7. The van der Waals surface area contributed by atoms with E-state index in [2.05, 4.69) is 6.07 Å². The normalized spacial score (nSPS) is 13.9. The van der Waals surface area contributed by atoms with Gasteiger partial charge >= 0.3 is 0 Å². The predicted molar refractivity (Wildman–Crippen MR) is 88.1 cm³/mol. The van der Waals surface area contributed by atoms with Crippen LogP contribution in [0.4, 0.5) is 8.78 Å². The Morgan fingerprint density at radius 3 is 2.00 bits per heavy atom. The lowest BCUT2D eigenvalue weighted by molar-refractivity contribution is 0.598. The number of nitrogens with zero attached hydrogens (tertiary/aromatic N) is 2. The monoisotopic (exact) mass is 324 g/mol.